The summed E-state index contributed by atoms with van der Waals surface area (Å²) in [5.74, 6) is 0. The largest absolute Gasteiger partial charge is 0.263 e. The summed E-state index contributed by atoms with van der Waals surface area (Å²) in [6.07, 6.45) is 0. The predicted molar refractivity (Wildman–Crippen MR) is 22.0 cm³/mol. The molecule has 3 heteroatoms. The van der Waals surface area contributed by atoms with Crippen LogP contribution in [0.5, 0.6) is 0 Å². The Kier molecular flexibility index (Phi) is 0.602. The van der Waals surface area contributed by atoms with E-state index in [4.69, 9.17) is 0 Å². The molecule has 0 fully saturated rings. The zero-order chi connectivity index (χ0) is 4.41. The van der Waals surface area contributed by atoms with Crippen molar-refractivity contribution in [1.82, 2.24) is 5.43 Å². The first-order valence-electron chi connectivity index (χ1n) is 1.70. The number of hydrogen-bond acceptors (Lipinski definition) is 3. The second kappa shape index (κ2) is 1.08. The molecular weight excluding hydrogens is 78.1 g/mol. The molecule has 0 saturated carbocycles. The smallest absolute Gasteiger partial charge is 0.103 e. The summed E-state index contributed by atoms with van der Waals surface area (Å²) in [4.78, 5) is 0. The molecule has 32 valence electrons. The zero-order valence-electron chi connectivity index (χ0n) is 3.31. The highest BCUT2D eigenvalue weighted by Gasteiger charge is 1.92. The second-order valence-electron chi connectivity index (χ2n) is 1.11. The summed E-state index contributed by atoms with van der Waals surface area (Å²) >= 11 is 0. The average molecular weight is 83.1 g/mol. The fraction of sp³-hybridized carbons (Fsp3) is 0.333. The highest BCUT2D eigenvalue weighted by molar-refractivity contribution is 4.93. The van der Waals surface area contributed by atoms with Crippen LogP contribution in [0.4, 0.5) is 0 Å². The lowest BCUT2D eigenvalue weighted by Gasteiger charge is -1.81. The lowest BCUT2D eigenvalue weighted by atomic mass is 10.5. The molecule has 1 aliphatic rings. The average Bonchev–Trinajstić information content (AvgIpc) is 1.86. The van der Waals surface area contributed by atoms with Gasteiger partial charge in [-0.25, -0.2) is 0 Å². The van der Waals surface area contributed by atoms with Crippen LogP contribution < -0.4 is 5.43 Å². The molecular formula is C3H5N3. The van der Waals surface area contributed by atoms with Crippen molar-refractivity contribution >= 4 is 0 Å². The Morgan fingerprint density at radius 2 is 2.67 bits per heavy atom. The SMILES string of the molecule is C=C1CN=NN1. The summed E-state index contributed by atoms with van der Waals surface area (Å²) < 4.78 is 0. The van der Waals surface area contributed by atoms with Crippen LogP contribution in [0, 0.1) is 0 Å². The van der Waals surface area contributed by atoms with E-state index in [2.05, 4.69) is 22.3 Å². The van der Waals surface area contributed by atoms with E-state index in [0.717, 1.165) is 5.70 Å². The third-order valence-corrected chi connectivity index (χ3v) is 0.540. The van der Waals surface area contributed by atoms with Crippen molar-refractivity contribution in [3.8, 4) is 0 Å². The van der Waals surface area contributed by atoms with Crippen LogP contribution in [0.3, 0.4) is 0 Å². The number of hydrogen-bond donors (Lipinski definition) is 1. The van der Waals surface area contributed by atoms with Gasteiger partial charge in [0.15, 0.2) is 0 Å². The van der Waals surface area contributed by atoms with Crippen LogP contribution in [0.15, 0.2) is 22.6 Å². The maximum Gasteiger partial charge on any atom is 0.103 e. The molecule has 0 unspecified atom stereocenters. The normalized spacial score (nSPS) is 18.3. The molecule has 1 aliphatic heterocycles. The maximum absolute atomic E-state index is 3.58. The van der Waals surface area contributed by atoms with Gasteiger partial charge >= 0.3 is 0 Å². The number of nitrogens with one attached hydrogen (secondary N) is 1. The molecule has 6 heavy (non-hydrogen) atoms. The van der Waals surface area contributed by atoms with E-state index in [1.807, 2.05) is 0 Å². The van der Waals surface area contributed by atoms with Crippen LogP contribution in [0.1, 0.15) is 0 Å². The molecule has 0 saturated heterocycles. The van der Waals surface area contributed by atoms with Gasteiger partial charge in [-0.15, -0.1) is 0 Å². The van der Waals surface area contributed by atoms with Gasteiger partial charge in [-0.1, -0.05) is 11.8 Å². The number of rotatable bonds is 0. The summed E-state index contributed by atoms with van der Waals surface area (Å²) in [6, 6.07) is 0. The van der Waals surface area contributed by atoms with E-state index in [1.165, 1.54) is 0 Å². The summed E-state index contributed by atoms with van der Waals surface area (Å²) in [5, 5.41) is 7.02. The van der Waals surface area contributed by atoms with Gasteiger partial charge in [0.2, 0.25) is 0 Å². The summed E-state index contributed by atoms with van der Waals surface area (Å²) in [5.41, 5.74) is 3.45. The van der Waals surface area contributed by atoms with E-state index in [1.54, 1.807) is 0 Å². The number of nitrogens with zero attached hydrogens (tertiary/aromatic N) is 2. The van der Waals surface area contributed by atoms with Gasteiger partial charge in [-0.2, -0.15) is 5.11 Å². The minimum absolute atomic E-state index is 0.639. The molecule has 1 N–H and O–H groups in total. The van der Waals surface area contributed by atoms with Crippen molar-refractivity contribution in [3.63, 3.8) is 0 Å². The molecule has 0 radical (unpaired) electrons. The zero-order valence-corrected chi connectivity index (χ0v) is 3.31. The summed E-state index contributed by atoms with van der Waals surface area (Å²) in [7, 11) is 0. The Balaban J connectivity index is 2.52. The first-order chi connectivity index (χ1) is 2.89. The van der Waals surface area contributed by atoms with Crippen LogP contribution >= 0.6 is 0 Å². The van der Waals surface area contributed by atoms with Crippen LogP contribution in [0.25, 0.3) is 0 Å². The molecule has 0 aromatic rings. The van der Waals surface area contributed by atoms with Crippen molar-refractivity contribution in [2.75, 3.05) is 6.54 Å². The van der Waals surface area contributed by atoms with E-state index in [9.17, 15) is 0 Å². The topological polar surface area (TPSA) is 36.8 Å². The standard InChI is InChI=1S/C3H5N3/c1-3-2-4-6-5-3/h1-2H2,(H,4,5). The van der Waals surface area contributed by atoms with Gasteiger partial charge in [0.05, 0.1) is 5.70 Å². The van der Waals surface area contributed by atoms with Crippen molar-refractivity contribution < 1.29 is 0 Å². The first-order valence-corrected chi connectivity index (χ1v) is 1.70. The highest BCUT2D eigenvalue weighted by atomic mass is 15.5. The van der Waals surface area contributed by atoms with Gasteiger partial charge in [0.1, 0.15) is 6.54 Å². The Morgan fingerprint density at radius 3 is 2.83 bits per heavy atom. The monoisotopic (exact) mass is 83.0 g/mol. The van der Waals surface area contributed by atoms with Crippen LogP contribution in [0.2, 0.25) is 0 Å². The molecule has 3 nitrogen and oxygen atoms in total. The molecule has 0 bridgehead atoms. The molecule has 1 rings (SSSR count). The molecule has 1 heterocycles. The first kappa shape index (κ1) is 3.33. The van der Waals surface area contributed by atoms with E-state index < -0.39 is 0 Å². The molecule has 0 aromatic carbocycles. The molecule has 0 atom stereocenters. The van der Waals surface area contributed by atoms with Gasteiger partial charge < -0.3 is 0 Å². The van der Waals surface area contributed by atoms with Gasteiger partial charge in [0.25, 0.3) is 0 Å². The molecule has 0 amide bonds. The lowest BCUT2D eigenvalue weighted by Crippen LogP contribution is -1.95. The molecule has 0 aromatic heterocycles. The van der Waals surface area contributed by atoms with Crippen molar-refractivity contribution in [1.29, 1.82) is 0 Å². The second-order valence-corrected chi connectivity index (χ2v) is 1.11. The van der Waals surface area contributed by atoms with Crippen LogP contribution in [-0.2, 0) is 0 Å². The van der Waals surface area contributed by atoms with Crippen molar-refractivity contribution in [2.45, 2.75) is 0 Å². The third kappa shape index (κ3) is 0.381. The van der Waals surface area contributed by atoms with Crippen molar-refractivity contribution in [2.24, 2.45) is 10.3 Å². The maximum atomic E-state index is 3.58. The fourth-order valence-electron chi connectivity index (χ4n) is 0.262. The minimum atomic E-state index is 0.639. The Morgan fingerprint density at radius 1 is 1.83 bits per heavy atom. The quantitative estimate of drug-likeness (QED) is 0.454. The van der Waals surface area contributed by atoms with Crippen LogP contribution in [-0.4, -0.2) is 6.54 Å². The van der Waals surface area contributed by atoms with E-state index >= 15 is 0 Å². The van der Waals surface area contributed by atoms with Gasteiger partial charge in [-0.05, 0) is 0 Å². The molecule has 0 spiro atoms. The molecule has 0 aliphatic carbocycles. The predicted octanol–water partition coefficient (Wildman–Crippen LogP) is 0.470. The lowest BCUT2D eigenvalue weighted by molar-refractivity contribution is 0.914. The highest BCUT2D eigenvalue weighted by Crippen LogP contribution is 1.92. The van der Waals surface area contributed by atoms with Crippen molar-refractivity contribution in [3.05, 3.63) is 12.3 Å². The fourth-order valence-corrected chi connectivity index (χ4v) is 0.262. The third-order valence-electron chi connectivity index (χ3n) is 0.540. The minimum Gasteiger partial charge on any atom is -0.263 e. The Labute approximate surface area is 35.7 Å². The van der Waals surface area contributed by atoms with Gasteiger partial charge in [0, 0.05) is 0 Å². The Bertz CT molecular complexity index is 84.2. The summed E-state index contributed by atoms with van der Waals surface area (Å²) in [6.45, 7) is 4.19. The van der Waals surface area contributed by atoms with E-state index in [-0.39, 0.29) is 0 Å². The van der Waals surface area contributed by atoms with Gasteiger partial charge in [-0.3, -0.25) is 5.43 Å². The Hall–Kier alpha value is -0.860. The van der Waals surface area contributed by atoms with E-state index in [0.29, 0.717) is 6.54 Å².